The van der Waals surface area contributed by atoms with Gasteiger partial charge in [0.25, 0.3) is 5.91 Å². The number of benzene rings is 2. The molecule has 1 heterocycles. The summed E-state index contributed by atoms with van der Waals surface area (Å²) in [7, 11) is 0. The molecule has 0 radical (unpaired) electrons. The van der Waals surface area contributed by atoms with Crippen LogP contribution in [0.25, 0.3) is 0 Å². The largest absolute Gasteiger partial charge is 0.338 e. The van der Waals surface area contributed by atoms with Crippen LogP contribution < -0.4 is 0 Å². The molecule has 5 nitrogen and oxygen atoms in total. The quantitative estimate of drug-likeness (QED) is 0.757. The number of nitrogens with zero attached hydrogens (tertiary/aromatic N) is 3. The molecule has 1 fully saturated rings. The fraction of sp³-hybridized carbons (Fsp3) is 0.417. The van der Waals surface area contributed by atoms with E-state index in [0.717, 1.165) is 42.7 Å². The Balaban J connectivity index is 1.54. The van der Waals surface area contributed by atoms with Gasteiger partial charge in [0, 0.05) is 44.8 Å². The van der Waals surface area contributed by atoms with Crippen molar-refractivity contribution in [3.63, 3.8) is 0 Å². The summed E-state index contributed by atoms with van der Waals surface area (Å²) < 4.78 is 0. The second-order valence-corrected chi connectivity index (χ2v) is 7.68. The lowest BCUT2D eigenvalue weighted by molar-refractivity contribution is -0.132. The predicted octanol–water partition coefficient (Wildman–Crippen LogP) is 3.19. The van der Waals surface area contributed by atoms with E-state index < -0.39 is 0 Å². The summed E-state index contributed by atoms with van der Waals surface area (Å²) in [4.78, 5) is 31.7. The maximum Gasteiger partial charge on any atom is 0.253 e. The van der Waals surface area contributed by atoms with Crippen LogP contribution in [-0.2, 0) is 11.3 Å². The third-order valence-electron chi connectivity index (χ3n) is 5.45. The smallest absolute Gasteiger partial charge is 0.253 e. The Morgan fingerprint density at radius 1 is 0.966 bits per heavy atom. The van der Waals surface area contributed by atoms with E-state index in [0.29, 0.717) is 26.2 Å². The molecule has 0 atom stereocenters. The Morgan fingerprint density at radius 3 is 2.48 bits per heavy atom. The first-order valence-corrected chi connectivity index (χ1v) is 10.5. The minimum absolute atomic E-state index is 0.0844. The Kier molecular flexibility index (Phi) is 7.42. The molecule has 5 heteroatoms. The van der Waals surface area contributed by atoms with Crippen molar-refractivity contribution in [2.24, 2.45) is 0 Å². The summed E-state index contributed by atoms with van der Waals surface area (Å²) in [5.41, 5.74) is 2.99. The highest BCUT2D eigenvalue weighted by Gasteiger charge is 2.23. The van der Waals surface area contributed by atoms with E-state index in [1.807, 2.05) is 66.1 Å². The summed E-state index contributed by atoms with van der Waals surface area (Å²) in [6.07, 6.45) is 0.885. The molecular formula is C24H31N3O2. The van der Waals surface area contributed by atoms with Crippen LogP contribution in [0.1, 0.15) is 34.8 Å². The molecule has 1 saturated heterocycles. The lowest BCUT2D eigenvalue weighted by atomic mass is 10.1. The first kappa shape index (κ1) is 21.1. The van der Waals surface area contributed by atoms with Gasteiger partial charge in [0.15, 0.2) is 0 Å². The summed E-state index contributed by atoms with van der Waals surface area (Å²) in [5.74, 6) is 0.232. The molecule has 0 saturated carbocycles. The highest BCUT2D eigenvalue weighted by molar-refractivity contribution is 5.94. The van der Waals surface area contributed by atoms with E-state index >= 15 is 0 Å². The number of hydrogen-bond donors (Lipinski definition) is 0. The first-order valence-electron chi connectivity index (χ1n) is 10.5. The molecule has 154 valence electrons. The topological polar surface area (TPSA) is 43.9 Å². The third kappa shape index (κ3) is 5.91. The zero-order chi connectivity index (χ0) is 20.6. The van der Waals surface area contributed by atoms with Crippen molar-refractivity contribution in [3.8, 4) is 0 Å². The first-order chi connectivity index (χ1) is 14.1. The van der Waals surface area contributed by atoms with Crippen molar-refractivity contribution < 1.29 is 9.59 Å². The van der Waals surface area contributed by atoms with E-state index in [1.165, 1.54) is 0 Å². The van der Waals surface area contributed by atoms with Crippen LogP contribution in [0.4, 0.5) is 0 Å². The second-order valence-electron chi connectivity index (χ2n) is 7.68. The van der Waals surface area contributed by atoms with Crippen LogP contribution in [0.3, 0.4) is 0 Å². The van der Waals surface area contributed by atoms with Crippen LogP contribution >= 0.6 is 0 Å². The molecule has 0 N–H and O–H groups in total. The highest BCUT2D eigenvalue weighted by Crippen LogP contribution is 2.12. The zero-order valence-corrected chi connectivity index (χ0v) is 17.5. The maximum atomic E-state index is 12.8. The normalized spacial score (nSPS) is 15.0. The summed E-state index contributed by atoms with van der Waals surface area (Å²) in [6, 6.07) is 17.8. The van der Waals surface area contributed by atoms with Crippen molar-refractivity contribution in [2.45, 2.75) is 26.8 Å². The van der Waals surface area contributed by atoms with Crippen LogP contribution in [0.15, 0.2) is 54.6 Å². The summed E-state index contributed by atoms with van der Waals surface area (Å²) in [5, 5.41) is 0. The van der Waals surface area contributed by atoms with E-state index in [9.17, 15) is 9.59 Å². The zero-order valence-electron chi connectivity index (χ0n) is 17.5. The second kappa shape index (κ2) is 10.2. The van der Waals surface area contributed by atoms with E-state index in [-0.39, 0.29) is 11.8 Å². The number of aryl methyl sites for hydroxylation is 1. The van der Waals surface area contributed by atoms with Crippen molar-refractivity contribution >= 4 is 11.8 Å². The van der Waals surface area contributed by atoms with Crippen molar-refractivity contribution in [2.75, 3.05) is 39.3 Å². The van der Waals surface area contributed by atoms with Crippen molar-refractivity contribution in [1.82, 2.24) is 14.7 Å². The molecule has 2 aromatic rings. The van der Waals surface area contributed by atoms with E-state index in [4.69, 9.17) is 0 Å². The van der Waals surface area contributed by atoms with Gasteiger partial charge in [0.2, 0.25) is 5.91 Å². The van der Waals surface area contributed by atoms with Gasteiger partial charge in [-0.2, -0.15) is 0 Å². The van der Waals surface area contributed by atoms with Crippen LogP contribution in [0.5, 0.6) is 0 Å². The molecular weight excluding hydrogens is 362 g/mol. The molecule has 2 amide bonds. The van der Waals surface area contributed by atoms with Gasteiger partial charge in [0.05, 0.1) is 6.54 Å². The number of rotatable bonds is 6. The minimum atomic E-state index is 0.0844. The number of hydrogen-bond acceptors (Lipinski definition) is 3. The SMILES string of the molecule is CCN(Cc1ccccc1)C(=O)CN1CCCN(C(=O)c2cccc(C)c2)CC1. The molecule has 0 unspecified atom stereocenters. The molecule has 2 aromatic carbocycles. The predicted molar refractivity (Wildman–Crippen MR) is 116 cm³/mol. The summed E-state index contributed by atoms with van der Waals surface area (Å²) >= 11 is 0. The Hall–Kier alpha value is -2.66. The molecule has 29 heavy (non-hydrogen) atoms. The maximum absolute atomic E-state index is 12.8. The number of amides is 2. The van der Waals surface area contributed by atoms with Crippen LogP contribution in [0.2, 0.25) is 0 Å². The third-order valence-corrected chi connectivity index (χ3v) is 5.45. The van der Waals surface area contributed by atoms with Gasteiger partial charge in [-0.15, -0.1) is 0 Å². The van der Waals surface area contributed by atoms with E-state index in [2.05, 4.69) is 17.0 Å². The fourth-order valence-electron chi connectivity index (χ4n) is 3.76. The monoisotopic (exact) mass is 393 g/mol. The molecule has 3 rings (SSSR count). The Morgan fingerprint density at radius 2 is 1.76 bits per heavy atom. The van der Waals surface area contributed by atoms with Gasteiger partial charge in [-0.3, -0.25) is 14.5 Å². The van der Waals surface area contributed by atoms with Gasteiger partial charge in [-0.25, -0.2) is 0 Å². The molecule has 1 aliphatic heterocycles. The Labute approximate surface area is 173 Å². The van der Waals surface area contributed by atoms with Crippen molar-refractivity contribution in [1.29, 1.82) is 0 Å². The van der Waals surface area contributed by atoms with Gasteiger partial charge in [-0.1, -0.05) is 48.0 Å². The number of carbonyl (C=O) groups excluding carboxylic acids is 2. The minimum Gasteiger partial charge on any atom is -0.338 e. The lowest BCUT2D eigenvalue weighted by Crippen LogP contribution is -2.41. The Bertz CT molecular complexity index is 822. The van der Waals surface area contributed by atoms with Gasteiger partial charge < -0.3 is 9.80 Å². The van der Waals surface area contributed by atoms with Gasteiger partial charge in [0.1, 0.15) is 0 Å². The average molecular weight is 394 g/mol. The standard InChI is InChI=1S/C24H31N3O2/c1-3-26(18-21-10-5-4-6-11-21)23(28)19-25-13-8-14-27(16-15-25)24(29)22-12-7-9-20(2)17-22/h4-7,9-12,17H,3,8,13-16,18-19H2,1-2H3. The van der Waals surface area contributed by atoms with Crippen LogP contribution in [-0.4, -0.2) is 65.8 Å². The molecule has 0 aromatic heterocycles. The van der Waals surface area contributed by atoms with Crippen molar-refractivity contribution in [3.05, 3.63) is 71.3 Å². The van der Waals surface area contributed by atoms with Gasteiger partial charge >= 0.3 is 0 Å². The number of carbonyl (C=O) groups is 2. The molecule has 1 aliphatic rings. The molecule has 0 aliphatic carbocycles. The average Bonchev–Trinajstić information content (AvgIpc) is 2.97. The lowest BCUT2D eigenvalue weighted by Gasteiger charge is -2.26. The molecule has 0 bridgehead atoms. The fourth-order valence-corrected chi connectivity index (χ4v) is 3.76. The van der Waals surface area contributed by atoms with E-state index in [1.54, 1.807) is 0 Å². The van der Waals surface area contributed by atoms with Gasteiger partial charge in [-0.05, 0) is 38.0 Å². The number of likely N-dealkylation sites (N-methyl/N-ethyl adjacent to an activating group) is 1. The molecule has 0 spiro atoms. The summed E-state index contributed by atoms with van der Waals surface area (Å²) in [6.45, 7) is 8.73. The highest BCUT2D eigenvalue weighted by atomic mass is 16.2. The van der Waals surface area contributed by atoms with Crippen LogP contribution in [0, 0.1) is 6.92 Å².